The van der Waals surface area contributed by atoms with Crippen LogP contribution in [-0.2, 0) is 6.54 Å². The summed E-state index contributed by atoms with van der Waals surface area (Å²) in [6.45, 7) is 0.138. The minimum atomic E-state index is -1.06. The Morgan fingerprint density at radius 1 is 1.30 bits per heavy atom. The lowest BCUT2D eigenvalue weighted by molar-refractivity contribution is 0.0696. The number of hydrogen-bond acceptors (Lipinski definition) is 2. The molecule has 0 unspecified atom stereocenters. The lowest BCUT2D eigenvalue weighted by Crippen LogP contribution is -2.12. The van der Waals surface area contributed by atoms with Crippen molar-refractivity contribution in [3.8, 4) is 0 Å². The van der Waals surface area contributed by atoms with Crippen molar-refractivity contribution in [2.75, 3.05) is 0 Å². The van der Waals surface area contributed by atoms with Crippen LogP contribution in [0, 0.1) is 5.82 Å². The Labute approximate surface area is 121 Å². The lowest BCUT2D eigenvalue weighted by Gasteiger charge is -2.07. The number of hydrogen-bond donors (Lipinski definition) is 2. The number of primary amides is 1. The number of nitrogens with zero attached hydrogens (tertiary/aromatic N) is 1. The molecule has 1 aromatic heterocycles. The molecular weight excluding hydrogens is 331 g/mol. The van der Waals surface area contributed by atoms with E-state index >= 15 is 0 Å². The second-order valence-corrected chi connectivity index (χ2v) is 4.97. The van der Waals surface area contributed by atoms with E-state index in [1.165, 1.54) is 24.4 Å². The van der Waals surface area contributed by atoms with Gasteiger partial charge < -0.3 is 15.4 Å². The number of amides is 1. The van der Waals surface area contributed by atoms with Gasteiger partial charge >= 0.3 is 5.97 Å². The average Bonchev–Trinajstić information content (AvgIpc) is 2.73. The number of nitrogens with two attached hydrogens (primary N) is 1. The van der Waals surface area contributed by atoms with E-state index in [9.17, 15) is 14.0 Å². The molecule has 0 fully saturated rings. The van der Waals surface area contributed by atoms with Gasteiger partial charge in [-0.3, -0.25) is 4.79 Å². The van der Waals surface area contributed by atoms with Crippen molar-refractivity contribution in [3.63, 3.8) is 0 Å². The molecule has 1 heterocycles. The molecule has 0 aliphatic heterocycles. The third-order valence-corrected chi connectivity index (χ3v) is 3.45. The minimum Gasteiger partial charge on any atom is -0.478 e. The van der Waals surface area contributed by atoms with E-state index in [2.05, 4.69) is 15.9 Å². The molecule has 7 heteroatoms. The van der Waals surface area contributed by atoms with Crippen molar-refractivity contribution in [1.82, 2.24) is 4.57 Å². The Bertz CT molecular complexity index is 697. The van der Waals surface area contributed by atoms with Crippen molar-refractivity contribution in [3.05, 3.63) is 57.6 Å². The zero-order valence-electron chi connectivity index (χ0n) is 10.1. The van der Waals surface area contributed by atoms with Crippen LogP contribution in [-0.4, -0.2) is 21.6 Å². The van der Waals surface area contributed by atoms with E-state index in [0.717, 1.165) is 6.07 Å². The molecule has 104 valence electrons. The van der Waals surface area contributed by atoms with Crippen LogP contribution in [0.15, 0.2) is 35.1 Å². The van der Waals surface area contributed by atoms with Gasteiger partial charge in [0.15, 0.2) is 0 Å². The molecule has 1 aromatic carbocycles. The summed E-state index contributed by atoms with van der Waals surface area (Å²) in [7, 11) is 0. The van der Waals surface area contributed by atoms with Crippen molar-refractivity contribution in [1.29, 1.82) is 0 Å². The fourth-order valence-electron chi connectivity index (χ4n) is 1.73. The SMILES string of the molecule is NC(=O)c1ccc(Cn2cc(C(=O)O)cc2Br)c(F)c1. The predicted octanol–water partition coefficient (Wildman–Crippen LogP) is 2.24. The van der Waals surface area contributed by atoms with Crippen LogP contribution in [0.2, 0.25) is 0 Å². The van der Waals surface area contributed by atoms with Crippen LogP contribution in [0.1, 0.15) is 26.3 Å². The number of rotatable bonds is 4. The van der Waals surface area contributed by atoms with Crippen LogP contribution in [0.5, 0.6) is 0 Å². The zero-order valence-corrected chi connectivity index (χ0v) is 11.7. The second kappa shape index (κ2) is 5.46. The van der Waals surface area contributed by atoms with Crippen LogP contribution >= 0.6 is 15.9 Å². The number of aromatic carboxylic acids is 1. The maximum absolute atomic E-state index is 13.8. The number of carboxylic acids is 1. The highest BCUT2D eigenvalue weighted by Gasteiger charge is 2.12. The minimum absolute atomic E-state index is 0.0871. The molecular formula is C13H10BrFN2O3. The first-order chi connectivity index (χ1) is 9.38. The van der Waals surface area contributed by atoms with E-state index in [-0.39, 0.29) is 17.7 Å². The summed E-state index contributed by atoms with van der Waals surface area (Å²) in [6.07, 6.45) is 1.40. The molecule has 0 aliphatic carbocycles. The predicted molar refractivity (Wildman–Crippen MR) is 73.1 cm³/mol. The van der Waals surface area contributed by atoms with Gasteiger partial charge in [-0.1, -0.05) is 6.07 Å². The third-order valence-electron chi connectivity index (χ3n) is 2.77. The largest absolute Gasteiger partial charge is 0.478 e. The van der Waals surface area contributed by atoms with Gasteiger partial charge in [-0.25, -0.2) is 9.18 Å². The van der Waals surface area contributed by atoms with Crippen LogP contribution < -0.4 is 5.73 Å². The van der Waals surface area contributed by atoms with Gasteiger partial charge in [-0.05, 0) is 34.1 Å². The molecule has 0 radical (unpaired) electrons. The number of benzene rings is 1. The van der Waals surface area contributed by atoms with E-state index in [1.807, 2.05) is 0 Å². The lowest BCUT2D eigenvalue weighted by atomic mass is 10.1. The Morgan fingerprint density at radius 2 is 2.00 bits per heavy atom. The van der Waals surface area contributed by atoms with Crippen molar-refractivity contribution >= 4 is 27.8 Å². The number of carboxylic acid groups (broad SMARTS) is 1. The fourth-order valence-corrected chi connectivity index (χ4v) is 2.20. The molecule has 0 saturated heterocycles. The van der Waals surface area contributed by atoms with E-state index in [1.54, 1.807) is 4.57 Å². The summed E-state index contributed by atoms with van der Waals surface area (Å²) in [5.41, 5.74) is 5.57. The number of aromatic nitrogens is 1. The molecule has 2 aromatic rings. The second-order valence-electron chi connectivity index (χ2n) is 4.15. The first-order valence-corrected chi connectivity index (χ1v) is 6.35. The highest BCUT2D eigenvalue weighted by Crippen LogP contribution is 2.19. The molecule has 2 rings (SSSR count). The highest BCUT2D eigenvalue weighted by molar-refractivity contribution is 9.10. The fraction of sp³-hybridized carbons (Fsp3) is 0.0769. The highest BCUT2D eigenvalue weighted by atomic mass is 79.9. The molecule has 3 N–H and O–H groups in total. The Balaban J connectivity index is 2.30. The first kappa shape index (κ1) is 14.3. The summed E-state index contributed by atoms with van der Waals surface area (Å²) in [6, 6.07) is 5.36. The molecule has 0 saturated carbocycles. The van der Waals surface area contributed by atoms with E-state index in [4.69, 9.17) is 10.8 Å². The molecule has 0 bridgehead atoms. The Morgan fingerprint density at radius 3 is 2.50 bits per heavy atom. The molecule has 0 spiro atoms. The number of carbonyl (C=O) groups excluding carboxylic acids is 1. The topological polar surface area (TPSA) is 85.3 Å². The van der Waals surface area contributed by atoms with Gasteiger partial charge in [0, 0.05) is 17.3 Å². The molecule has 1 amide bonds. The average molecular weight is 341 g/mol. The van der Waals surface area contributed by atoms with Crippen LogP contribution in [0.3, 0.4) is 0 Å². The number of halogens is 2. The van der Waals surface area contributed by atoms with Gasteiger partial charge in [0.2, 0.25) is 5.91 Å². The van der Waals surface area contributed by atoms with Crippen LogP contribution in [0.4, 0.5) is 4.39 Å². The van der Waals surface area contributed by atoms with Gasteiger partial charge in [0.05, 0.1) is 16.7 Å². The third kappa shape index (κ3) is 2.88. The Hall–Kier alpha value is -2.15. The van der Waals surface area contributed by atoms with Crippen molar-refractivity contribution in [2.24, 2.45) is 5.73 Å². The smallest absolute Gasteiger partial charge is 0.337 e. The van der Waals surface area contributed by atoms with E-state index in [0.29, 0.717) is 10.2 Å². The maximum Gasteiger partial charge on any atom is 0.337 e. The molecule has 0 atom stereocenters. The summed E-state index contributed by atoms with van der Waals surface area (Å²) < 4.78 is 15.9. The quantitative estimate of drug-likeness (QED) is 0.894. The summed E-state index contributed by atoms with van der Waals surface area (Å²) in [5, 5.41) is 8.88. The maximum atomic E-state index is 13.8. The molecule has 20 heavy (non-hydrogen) atoms. The summed E-state index contributed by atoms with van der Waals surface area (Å²) in [5.74, 6) is -2.33. The van der Waals surface area contributed by atoms with Crippen molar-refractivity contribution < 1.29 is 19.1 Å². The Kier molecular flexibility index (Phi) is 3.89. The summed E-state index contributed by atoms with van der Waals surface area (Å²) >= 11 is 3.21. The van der Waals surface area contributed by atoms with E-state index < -0.39 is 17.7 Å². The zero-order chi connectivity index (χ0) is 14.9. The van der Waals surface area contributed by atoms with Gasteiger partial charge in [0.25, 0.3) is 0 Å². The van der Waals surface area contributed by atoms with Gasteiger partial charge in [-0.2, -0.15) is 0 Å². The van der Waals surface area contributed by atoms with Gasteiger partial charge in [-0.15, -0.1) is 0 Å². The van der Waals surface area contributed by atoms with Crippen LogP contribution in [0.25, 0.3) is 0 Å². The summed E-state index contributed by atoms with van der Waals surface area (Å²) in [4.78, 5) is 21.8. The normalized spacial score (nSPS) is 10.5. The monoisotopic (exact) mass is 340 g/mol. The van der Waals surface area contributed by atoms with Crippen molar-refractivity contribution in [2.45, 2.75) is 6.54 Å². The number of carbonyl (C=O) groups is 2. The first-order valence-electron chi connectivity index (χ1n) is 5.55. The van der Waals surface area contributed by atoms with Gasteiger partial charge in [0.1, 0.15) is 5.82 Å². The molecule has 5 nitrogen and oxygen atoms in total. The molecule has 0 aliphatic rings. The standard InChI is InChI=1S/C13H10BrFN2O3/c14-11-4-9(13(19)20)6-17(11)5-8-2-1-7(12(16)18)3-10(8)15/h1-4,6H,5H2,(H2,16,18)(H,19,20).